The minimum Gasteiger partial charge on any atom is -0.345 e. The number of amides is 1. The van der Waals surface area contributed by atoms with Crippen LogP contribution in [-0.4, -0.2) is 20.6 Å². The zero-order valence-electron chi connectivity index (χ0n) is 12.2. The molecule has 7 heteroatoms. The van der Waals surface area contributed by atoms with Crippen LogP contribution >= 0.6 is 22.9 Å². The molecule has 1 N–H and O–H groups in total. The maximum Gasteiger partial charge on any atom is 0.251 e. The Labute approximate surface area is 139 Å². The summed E-state index contributed by atoms with van der Waals surface area (Å²) in [4.78, 5) is 13.2. The second-order valence-electron chi connectivity index (χ2n) is 5.11. The highest BCUT2D eigenvalue weighted by Crippen LogP contribution is 2.26. The van der Waals surface area contributed by atoms with Crippen LogP contribution in [0.15, 0.2) is 36.4 Å². The Kier molecular flexibility index (Phi) is 5.26. The van der Waals surface area contributed by atoms with Gasteiger partial charge >= 0.3 is 0 Å². The van der Waals surface area contributed by atoms with E-state index < -0.39 is 9.84 Å². The van der Waals surface area contributed by atoms with Gasteiger partial charge in [-0.2, -0.15) is 0 Å². The smallest absolute Gasteiger partial charge is 0.251 e. The number of rotatable bonds is 5. The van der Waals surface area contributed by atoms with Gasteiger partial charge in [0.1, 0.15) is 0 Å². The molecule has 1 amide bonds. The topological polar surface area (TPSA) is 63.2 Å². The second kappa shape index (κ2) is 6.81. The van der Waals surface area contributed by atoms with Crippen LogP contribution in [0.25, 0.3) is 0 Å². The number of thiophene rings is 1. The van der Waals surface area contributed by atoms with Crippen LogP contribution in [0, 0.1) is 0 Å². The molecule has 2 aromatic rings. The molecule has 1 unspecified atom stereocenters. The van der Waals surface area contributed by atoms with Crippen molar-refractivity contribution in [2.45, 2.75) is 18.7 Å². The van der Waals surface area contributed by atoms with Crippen molar-refractivity contribution < 1.29 is 13.2 Å². The van der Waals surface area contributed by atoms with Gasteiger partial charge in [0.2, 0.25) is 0 Å². The first-order chi connectivity index (χ1) is 10.2. The van der Waals surface area contributed by atoms with Crippen molar-refractivity contribution in [3.05, 3.63) is 56.7 Å². The van der Waals surface area contributed by atoms with E-state index in [1.165, 1.54) is 17.6 Å². The van der Waals surface area contributed by atoms with Crippen LogP contribution in [0.4, 0.5) is 0 Å². The zero-order chi connectivity index (χ0) is 16.3. The summed E-state index contributed by atoms with van der Waals surface area (Å²) in [5.74, 6) is -0.322. The summed E-state index contributed by atoms with van der Waals surface area (Å²) >= 11 is 7.30. The average molecular weight is 358 g/mol. The summed E-state index contributed by atoms with van der Waals surface area (Å²) in [6.07, 6.45) is 1.17. The summed E-state index contributed by atoms with van der Waals surface area (Å²) in [7, 11) is -3.13. The number of halogens is 1. The maximum atomic E-state index is 12.3. The van der Waals surface area contributed by atoms with Gasteiger partial charge in [0.25, 0.3) is 5.91 Å². The van der Waals surface area contributed by atoms with Gasteiger partial charge in [-0.15, -0.1) is 11.3 Å². The van der Waals surface area contributed by atoms with Gasteiger partial charge in [-0.25, -0.2) is 8.42 Å². The first-order valence-electron chi connectivity index (χ1n) is 6.57. The number of hydrogen-bond donors (Lipinski definition) is 1. The maximum absolute atomic E-state index is 12.3. The number of carbonyl (C=O) groups excluding carboxylic acids is 1. The molecular formula is C15H16ClNO3S2. The van der Waals surface area contributed by atoms with Gasteiger partial charge in [0, 0.05) is 16.7 Å². The van der Waals surface area contributed by atoms with E-state index in [2.05, 4.69) is 5.32 Å². The Balaban J connectivity index is 2.11. The van der Waals surface area contributed by atoms with Gasteiger partial charge in [-0.05, 0) is 36.8 Å². The van der Waals surface area contributed by atoms with Crippen molar-refractivity contribution in [1.82, 2.24) is 5.32 Å². The molecule has 1 heterocycles. The first kappa shape index (κ1) is 17.0. The van der Waals surface area contributed by atoms with E-state index in [1.807, 2.05) is 13.0 Å². The molecule has 1 aromatic heterocycles. The van der Waals surface area contributed by atoms with E-state index in [9.17, 15) is 13.2 Å². The van der Waals surface area contributed by atoms with Crippen LogP contribution in [0.3, 0.4) is 0 Å². The number of benzene rings is 1. The normalized spacial score (nSPS) is 12.9. The molecule has 2 rings (SSSR count). The van der Waals surface area contributed by atoms with E-state index >= 15 is 0 Å². The molecule has 1 aromatic carbocycles. The Morgan fingerprint density at radius 2 is 2.05 bits per heavy atom. The van der Waals surface area contributed by atoms with Crippen molar-refractivity contribution in [3.63, 3.8) is 0 Å². The summed E-state index contributed by atoms with van der Waals surface area (Å²) in [5, 5.41) is 2.88. The monoisotopic (exact) mass is 357 g/mol. The highest BCUT2D eigenvalue weighted by molar-refractivity contribution is 7.89. The molecule has 4 nitrogen and oxygen atoms in total. The van der Waals surface area contributed by atoms with Crippen LogP contribution in [0.5, 0.6) is 0 Å². The minimum absolute atomic E-state index is 0.0792. The summed E-state index contributed by atoms with van der Waals surface area (Å²) in [5.41, 5.74) is 1.04. The van der Waals surface area contributed by atoms with Crippen molar-refractivity contribution in [1.29, 1.82) is 0 Å². The van der Waals surface area contributed by atoms with E-state index in [0.717, 1.165) is 4.88 Å². The molecule has 0 bridgehead atoms. The van der Waals surface area contributed by atoms with E-state index in [1.54, 1.807) is 30.3 Å². The SMILES string of the molecule is CC(NC(=O)c1cccc(CS(C)(=O)=O)c1)c1ccc(Cl)s1. The minimum atomic E-state index is -3.13. The molecule has 1 atom stereocenters. The molecule has 0 aliphatic rings. The third-order valence-corrected chi connectivity index (χ3v) is 5.26. The van der Waals surface area contributed by atoms with Gasteiger partial charge in [-0.1, -0.05) is 23.7 Å². The lowest BCUT2D eigenvalue weighted by atomic mass is 10.1. The molecule has 0 aliphatic heterocycles. The summed E-state index contributed by atoms with van der Waals surface area (Å²) in [6, 6.07) is 10.1. The lowest BCUT2D eigenvalue weighted by molar-refractivity contribution is 0.0940. The molecule has 0 saturated heterocycles. The number of carbonyl (C=O) groups is 1. The van der Waals surface area contributed by atoms with Crippen molar-refractivity contribution >= 4 is 38.7 Å². The quantitative estimate of drug-likeness (QED) is 0.891. The van der Waals surface area contributed by atoms with Crippen LogP contribution in [0.1, 0.15) is 33.8 Å². The molecule has 22 heavy (non-hydrogen) atoms. The summed E-state index contributed by atoms with van der Waals surface area (Å²) in [6.45, 7) is 1.88. The van der Waals surface area contributed by atoms with Crippen LogP contribution in [-0.2, 0) is 15.6 Å². The fraction of sp³-hybridized carbons (Fsp3) is 0.267. The van der Waals surface area contributed by atoms with Crippen molar-refractivity contribution in [2.24, 2.45) is 0 Å². The first-order valence-corrected chi connectivity index (χ1v) is 9.83. The predicted octanol–water partition coefficient (Wildman–Crippen LogP) is 3.44. The second-order valence-corrected chi connectivity index (χ2v) is 8.99. The van der Waals surface area contributed by atoms with E-state index in [-0.39, 0.29) is 17.7 Å². The lowest BCUT2D eigenvalue weighted by Gasteiger charge is -2.12. The van der Waals surface area contributed by atoms with E-state index in [4.69, 9.17) is 11.6 Å². The molecule has 0 fully saturated rings. The van der Waals surface area contributed by atoms with E-state index in [0.29, 0.717) is 15.5 Å². The Morgan fingerprint density at radius 3 is 2.64 bits per heavy atom. The highest BCUT2D eigenvalue weighted by atomic mass is 35.5. The van der Waals surface area contributed by atoms with Crippen LogP contribution < -0.4 is 5.32 Å². The fourth-order valence-electron chi connectivity index (χ4n) is 2.02. The third-order valence-electron chi connectivity index (χ3n) is 2.99. The van der Waals surface area contributed by atoms with Gasteiger partial charge in [0.15, 0.2) is 9.84 Å². The Morgan fingerprint density at radius 1 is 1.32 bits per heavy atom. The molecular weight excluding hydrogens is 342 g/mol. The summed E-state index contributed by atoms with van der Waals surface area (Å²) < 4.78 is 23.3. The molecule has 0 aliphatic carbocycles. The molecule has 0 radical (unpaired) electrons. The van der Waals surface area contributed by atoms with Gasteiger partial charge in [-0.3, -0.25) is 4.79 Å². The largest absolute Gasteiger partial charge is 0.345 e. The van der Waals surface area contributed by atoms with Crippen LogP contribution in [0.2, 0.25) is 4.34 Å². The van der Waals surface area contributed by atoms with Crippen molar-refractivity contribution in [3.8, 4) is 0 Å². The number of sulfone groups is 1. The van der Waals surface area contributed by atoms with Gasteiger partial charge in [0.05, 0.1) is 16.1 Å². The highest BCUT2D eigenvalue weighted by Gasteiger charge is 2.14. The van der Waals surface area contributed by atoms with Gasteiger partial charge < -0.3 is 5.32 Å². The third kappa shape index (κ3) is 4.83. The number of nitrogens with one attached hydrogen (secondary N) is 1. The average Bonchev–Trinajstić information content (AvgIpc) is 2.84. The van der Waals surface area contributed by atoms with Crippen molar-refractivity contribution in [2.75, 3.05) is 6.26 Å². The Hall–Kier alpha value is -1.37. The lowest BCUT2D eigenvalue weighted by Crippen LogP contribution is -2.26. The molecule has 0 saturated carbocycles. The standard InChI is InChI=1S/C15H16ClNO3S2/c1-10(13-6-7-14(16)21-13)17-15(18)12-5-3-4-11(8-12)9-22(2,19)20/h3-8,10H,9H2,1-2H3,(H,17,18). The predicted molar refractivity (Wildman–Crippen MR) is 90.2 cm³/mol. The number of hydrogen-bond acceptors (Lipinski definition) is 4. The molecule has 0 spiro atoms. The Bertz CT molecular complexity index is 784. The fourth-order valence-corrected chi connectivity index (χ4v) is 3.87. The molecule has 118 valence electrons. The zero-order valence-corrected chi connectivity index (χ0v) is 14.6.